The SMILES string of the molecule is C=CCC1O[C@@H]2OC(C)(C)O[C@@H]2[C@H]1C.C[C@H]1C(CC2CO2)O[C@@H]2OC(C)(C)O[C@@H]21. The Hall–Kier alpha value is -0.540. The van der Waals surface area contributed by atoms with Crippen molar-refractivity contribution in [3.8, 4) is 0 Å². The molecule has 5 saturated heterocycles. The lowest BCUT2D eigenvalue weighted by molar-refractivity contribution is -0.210. The van der Waals surface area contributed by atoms with Gasteiger partial charge in [0.1, 0.15) is 12.2 Å². The average Bonchev–Trinajstić information content (AvgIpc) is 3.15. The van der Waals surface area contributed by atoms with E-state index in [0.29, 0.717) is 17.9 Å². The summed E-state index contributed by atoms with van der Waals surface area (Å²) in [4.78, 5) is 0. The Bertz CT molecular complexity index is 602. The van der Waals surface area contributed by atoms with Gasteiger partial charge in [0.25, 0.3) is 0 Å². The highest BCUT2D eigenvalue weighted by atomic mass is 16.8. The standard InChI is InChI=1S/C11H18O4.C11H18O3/c1-6-8(4-7-5-12-7)13-10-9(6)14-11(2,3)15-10;1-5-6-8-7(2)9-10(12-8)14-11(3,4)13-9/h6-10H,4-5H2,1-3H3;5,7-10H,1,6H2,2-4H3/t6-,7?,8?,9+,10+;7-,8?,9+,10+/m00/s1. The molecule has 5 aliphatic heterocycles. The van der Waals surface area contributed by atoms with Crippen LogP contribution in [0.15, 0.2) is 12.7 Å². The molecule has 0 N–H and O–H groups in total. The second-order valence-electron chi connectivity index (χ2n) is 9.72. The summed E-state index contributed by atoms with van der Waals surface area (Å²) in [6.45, 7) is 16.6. The van der Waals surface area contributed by atoms with Crippen LogP contribution < -0.4 is 0 Å². The first-order valence-corrected chi connectivity index (χ1v) is 10.8. The highest BCUT2D eigenvalue weighted by Gasteiger charge is 2.54. The second kappa shape index (κ2) is 7.86. The topological polar surface area (TPSA) is 67.9 Å². The Labute approximate surface area is 173 Å². The minimum absolute atomic E-state index is 0.0787. The number of hydrogen-bond donors (Lipinski definition) is 0. The van der Waals surface area contributed by atoms with Crippen molar-refractivity contribution in [1.29, 1.82) is 0 Å². The van der Waals surface area contributed by atoms with Crippen molar-refractivity contribution >= 4 is 0 Å². The minimum atomic E-state index is -0.497. The van der Waals surface area contributed by atoms with E-state index in [1.165, 1.54) is 0 Å². The zero-order valence-electron chi connectivity index (χ0n) is 18.5. The first kappa shape index (κ1) is 21.7. The molecule has 166 valence electrons. The van der Waals surface area contributed by atoms with Crippen LogP contribution in [-0.2, 0) is 33.2 Å². The van der Waals surface area contributed by atoms with E-state index in [1.807, 2.05) is 33.8 Å². The lowest BCUT2D eigenvalue weighted by Gasteiger charge is -2.23. The molecule has 0 radical (unpaired) electrons. The van der Waals surface area contributed by atoms with Crippen molar-refractivity contribution in [2.24, 2.45) is 11.8 Å². The summed E-state index contributed by atoms with van der Waals surface area (Å²) in [5.74, 6) is -0.228. The molecule has 29 heavy (non-hydrogen) atoms. The van der Waals surface area contributed by atoms with Crippen LogP contribution in [0.3, 0.4) is 0 Å². The zero-order chi connectivity index (χ0) is 21.0. The molecular formula is C22H36O7. The van der Waals surface area contributed by atoms with Crippen LogP contribution in [0.1, 0.15) is 54.4 Å². The Morgan fingerprint density at radius 1 is 0.828 bits per heavy atom. The van der Waals surface area contributed by atoms with Gasteiger partial charge in [-0.1, -0.05) is 19.9 Å². The Balaban J connectivity index is 0.000000142. The van der Waals surface area contributed by atoms with E-state index in [0.717, 1.165) is 19.4 Å². The molecule has 0 aromatic rings. The first-order chi connectivity index (χ1) is 13.6. The van der Waals surface area contributed by atoms with Gasteiger partial charge in [-0.15, -0.1) is 6.58 Å². The molecule has 0 bridgehead atoms. The maximum absolute atomic E-state index is 5.86. The third kappa shape index (κ3) is 4.71. The van der Waals surface area contributed by atoms with E-state index in [2.05, 4.69) is 20.4 Å². The van der Waals surface area contributed by atoms with Gasteiger partial charge in [0, 0.05) is 18.3 Å². The van der Waals surface area contributed by atoms with Crippen LogP contribution in [0.5, 0.6) is 0 Å². The zero-order valence-corrected chi connectivity index (χ0v) is 18.5. The van der Waals surface area contributed by atoms with Gasteiger partial charge in [-0.2, -0.15) is 0 Å². The summed E-state index contributed by atoms with van der Waals surface area (Å²) in [7, 11) is 0. The highest BCUT2D eigenvalue weighted by molar-refractivity contribution is 4.93. The van der Waals surface area contributed by atoms with Crippen molar-refractivity contribution in [2.75, 3.05) is 6.61 Å². The lowest BCUT2D eigenvalue weighted by atomic mass is 9.97. The summed E-state index contributed by atoms with van der Waals surface area (Å²) in [5, 5.41) is 0. The molecule has 0 aromatic carbocycles. The molecule has 0 saturated carbocycles. The van der Waals surface area contributed by atoms with Crippen LogP contribution in [0, 0.1) is 11.8 Å². The average molecular weight is 413 g/mol. The molecule has 0 spiro atoms. The molecule has 0 aliphatic carbocycles. The third-order valence-corrected chi connectivity index (χ3v) is 6.30. The smallest absolute Gasteiger partial charge is 0.187 e. The van der Waals surface area contributed by atoms with Gasteiger partial charge in [-0.3, -0.25) is 0 Å². The summed E-state index contributed by atoms with van der Waals surface area (Å²) in [5.41, 5.74) is 0. The maximum Gasteiger partial charge on any atom is 0.187 e. The molecule has 5 fully saturated rings. The Morgan fingerprint density at radius 2 is 1.31 bits per heavy atom. The summed E-state index contributed by atoms with van der Waals surface area (Å²) in [6, 6.07) is 0. The van der Waals surface area contributed by atoms with E-state index in [1.54, 1.807) is 0 Å². The van der Waals surface area contributed by atoms with Gasteiger partial charge < -0.3 is 33.2 Å². The molecule has 5 aliphatic rings. The van der Waals surface area contributed by atoms with Gasteiger partial charge in [0.05, 0.1) is 24.9 Å². The fourth-order valence-electron chi connectivity index (χ4n) is 4.62. The molecular weight excluding hydrogens is 376 g/mol. The van der Waals surface area contributed by atoms with Crippen molar-refractivity contribution < 1.29 is 33.2 Å². The number of fused-ring (bicyclic) bond motifs is 2. The number of rotatable bonds is 4. The van der Waals surface area contributed by atoms with Crippen molar-refractivity contribution in [1.82, 2.24) is 0 Å². The Kier molecular flexibility index (Phi) is 5.88. The van der Waals surface area contributed by atoms with E-state index in [9.17, 15) is 0 Å². The molecule has 3 unspecified atom stereocenters. The normalized spacial score (nSPS) is 48.6. The quantitative estimate of drug-likeness (QED) is 0.518. The van der Waals surface area contributed by atoms with Crippen molar-refractivity contribution in [3.63, 3.8) is 0 Å². The fourth-order valence-corrected chi connectivity index (χ4v) is 4.62. The minimum Gasteiger partial charge on any atom is -0.373 e. The third-order valence-electron chi connectivity index (χ3n) is 6.30. The number of epoxide rings is 1. The van der Waals surface area contributed by atoms with Crippen LogP contribution >= 0.6 is 0 Å². The predicted molar refractivity (Wildman–Crippen MR) is 105 cm³/mol. The monoisotopic (exact) mass is 412 g/mol. The van der Waals surface area contributed by atoms with E-state index in [-0.39, 0.29) is 37.0 Å². The molecule has 7 nitrogen and oxygen atoms in total. The Morgan fingerprint density at radius 3 is 1.76 bits per heavy atom. The van der Waals surface area contributed by atoms with Gasteiger partial charge >= 0.3 is 0 Å². The van der Waals surface area contributed by atoms with Gasteiger partial charge in [-0.05, 0) is 34.1 Å². The molecule has 7 heteroatoms. The fraction of sp³-hybridized carbons (Fsp3) is 0.909. The number of ether oxygens (including phenoxy) is 7. The summed E-state index contributed by atoms with van der Waals surface area (Å²) < 4.78 is 39.8. The van der Waals surface area contributed by atoms with Gasteiger partial charge in [-0.25, -0.2) is 0 Å². The first-order valence-electron chi connectivity index (χ1n) is 10.8. The molecule has 0 aromatic heterocycles. The molecule has 5 rings (SSSR count). The molecule has 5 heterocycles. The van der Waals surface area contributed by atoms with Crippen molar-refractivity contribution in [3.05, 3.63) is 12.7 Å². The number of hydrogen-bond acceptors (Lipinski definition) is 7. The highest BCUT2D eigenvalue weighted by Crippen LogP contribution is 2.43. The summed E-state index contributed by atoms with van der Waals surface area (Å²) in [6.07, 6.45) is 4.34. The largest absolute Gasteiger partial charge is 0.373 e. The van der Waals surface area contributed by atoms with Crippen molar-refractivity contribution in [2.45, 2.75) is 109 Å². The van der Waals surface area contributed by atoms with E-state index in [4.69, 9.17) is 33.2 Å². The van der Waals surface area contributed by atoms with Crippen LogP contribution in [0.4, 0.5) is 0 Å². The van der Waals surface area contributed by atoms with Gasteiger partial charge in [0.2, 0.25) is 0 Å². The summed E-state index contributed by atoms with van der Waals surface area (Å²) >= 11 is 0. The molecule has 0 amide bonds. The van der Waals surface area contributed by atoms with E-state index >= 15 is 0 Å². The van der Waals surface area contributed by atoms with Crippen LogP contribution in [0.25, 0.3) is 0 Å². The maximum atomic E-state index is 5.86. The van der Waals surface area contributed by atoms with Crippen LogP contribution in [-0.4, -0.2) is 61.3 Å². The van der Waals surface area contributed by atoms with Crippen LogP contribution in [0.2, 0.25) is 0 Å². The molecule has 9 atom stereocenters. The predicted octanol–water partition coefficient (Wildman–Crippen LogP) is 3.36. The second-order valence-corrected chi connectivity index (χ2v) is 9.72. The van der Waals surface area contributed by atoms with Gasteiger partial charge in [0.15, 0.2) is 24.2 Å². The van der Waals surface area contributed by atoms with E-state index < -0.39 is 11.6 Å². The lowest BCUT2D eigenvalue weighted by Crippen LogP contribution is -2.29.